The number of aromatic amines is 1. The highest BCUT2D eigenvalue weighted by atomic mass is 16.6. The van der Waals surface area contributed by atoms with Crippen LogP contribution in [-0.2, 0) is 4.74 Å². The monoisotopic (exact) mass is 344 g/mol. The topological polar surface area (TPSA) is 87.3 Å². The highest BCUT2D eigenvalue weighted by molar-refractivity contribution is 5.94. The van der Waals surface area contributed by atoms with Crippen LogP contribution < -0.4 is 5.32 Å². The number of carbonyl (C=O) groups is 2. The predicted molar refractivity (Wildman–Crippen MR) is 94.4 cm³/mol. The van der Waals surface area contributed by atoms with Gasteiger partial charge in [0.1, 0.15) is 5.60 Å². The lowest BCUT2D eigenvalue weighted by atomic mass is 10.1. The first kappa shape index (κ1) is 17.3. The Balaban J connectivity index is 1.64. The number of nitrogens with one attached hydrogen (secondary N) is 2. The minimum atomic E-state index is -0.539. The fourth-order valence-electron chi connectivity index (χ4n) is 2.96. The minimum Gasteiger partial charge on any atom is -0.444 e. The molecule has 1 saturated heterocycles. The largest absolute Gasteiger partial charge is 0.444 e. The van der Waals surface area contributed by atoms with Gasteiger partial charge in [0.05, 0.1) is 11.0 Å². The van der Waals surface area contributed by atoms with Crippen LogP contribution in [0.4, 0.5) is 4.79 Å². The lowest BCUT2D eigenvalue weighted by Gasteiger charge is -2.33. The summed E-state index contributed by atoms with van der Waals surface area (Å²) < 4.78 is 5.29. The molecular formula is C18H24N4O3. The number of benzene rings is 1. The van der Waals surface area contributed by atoms with Gasteiger partial charge >= 0.3 is 6.09 Å². The fourth-order valence-corrected chi connectivity index (χ4v) is 2.96. The Hall–Kier alpha value is -2.57. The van der Waals surface area contributed by atoms with Gasteiger partial charge in [-0.1, -0.05) is 12.1 Å². The second-order valence-electron chi connectivity index (χ2n) is 7.34. The number of piperidine rings is 1. The van der Waals surface area contributed by atoms with E-state index in [4.69, 9.17) is 4.74 Å². The maximum Gasteiger partial charge on any atom is 0.407 e. The number of amides is 2. The molecule has 2 N–H and O–H groups in total. The van der Waals surface area contributed by atoms with E-state index in [0.717, 1.165) is 23.9 Å². The number of alkyl carbamates (subject to hydrolysis) is 1. The van der Waals surface area contributed by atoms with Crippen LogP contribution in [0, 0.1) is 0 Å². The van der Waals surface area contributed by atoms with E-state index in [0.29, 0.717) is 18.9 Å². The van der Waals surface area contributed by atoms with Gasteiger partial charge in [-0.3, -0.25) is 4.79 Å². The summed E-state index contributed by atoms with van der Waals surface area (Å²) in [5.41, 5.74) is 1.07. The van der Waals surface area contributed by atoms with Gasteiger partial charge in [0.15, 0.2) is 5.82 Å². The number of nitrogens with zero attached hydrogens (tertiary/aromatic N) is 2. The molecule has 0 aliphatic carbocycles. The highest BCUT2D eigenvalue weighted by Gasteiger charge is 2.28. The SMILES string of the molecule is CC(C)(C)OC(=O)NC1CCCN(C(=O)c2nc3ccccc3[nH]2)C1. The first-order chi connectivity index (χ1) is 11.8. The molecule has 0 bridgehead atoms. The molecular weight excluding hydrogens is 320 g/mol. The molecule has 1 aromatic heterocycles. The Bertz CT molecular complexity index is 745. The van der Waals surface area contributed by atoms with Gasteiger partial charge in [-0.15, -0.1) is 0 Å². The van der Waals surface area contributed by atoms with Crippen LogP contribution in [0.25, 0.3) is 11.0 Å². The van der Waals surface area contributed by atoms with Crippen LogP contribution in [0.5, 0.6) is 0 Å². The van der Waals surface area contributed by atoms with Gasteiger partial charge in [0, 0.05) is 19.1 Å². The molecule has 2 amide bonds. The van der Waals surface area contributed by atoms with Crippen molar-refractivity contribution in [3.63, 3.8) is 0 Å². The lowest BCUT2D eigenvalue weighted by molar-refractivity contribution is 0.0450. The van der Waals surface area contributed by atoms with E-state index >= 15 is 0 Å². The summed E-state index contributed by atoms with van der Waals surface area (Å²) in [4.78, 5) is 33.8. The third-order valence-electron chi connectivity index (χ3n) is 4.02. The average Bonchev–Trinajstić information content (AvgIpc) is 2.96. The smallest absolute Gasteiger partial charge is 0.407 e. The Morgan fingerprint density at radius 3 is 2.80 bits per heavy atom. The van der Waals surface area contributed by atoms with Crippen molar-refractivity contribution in [1.29, 1.82) is 0 Å². The summed E-state index contributed by atoms with van der Waals surface area (Å²) in [6.45, 7) is 6.58. The maximum atomic E-state index is 12.7. The Kier molecular flexibility index (Phi) is 4.65. The summed E-state index contributed by atoms with van der Waals surface area (Å²) in [7, 11) is 0. The molecule has 3 rings (SSSR count). The number of carbonyl (C=O) groups excluding carboxylic acids is 2. The summed E-state index contributed by atoms with van der Waals surface area (Å²) in [6.07, 6.45) is 1.20. The van der Waals surface area contributed by atoms with E-state index in [1.165, 1.54) is 0 Å². The first-order valence-corrected chi connectivity index (χ1v) is 8.55. The number of fused-ring (bicyclic) bond motifs is 1. The van der Waals surface area contributed by atoms with Crippen LogP contribution in [0.15, 0.2) is 24.3 Å². The zero-order chi connectivity index (χ0) is 18.0. The van der Waals surface area contributed by atoms with E-state index in [1.807, 2.05) is 45.0 Å². The second kappa shape index (κ2) is 6.74. The molecule has 1 fully saturated rings. The molecule has 2 heterocycles. The van der Waals surface area contributed by atoms with E-state index in [2.05, 4.69) is 15.3 Å². The average molecular weight is 344 g/mol. The van der Waals surface area contributed by atoms with Crippen molar-refractivity contribution in [3.8, 4) is 0 Å². The van der Waals surface area contributed by atoms with Crippen molar-refractivity contribution in [2.24, 2.45) is 0 Å². The van der Waals surface area contributed by atoms with Crippen LogP contribution in [-0.4, -0.2) is 51.6 Å². The normalized spacial score (nSPS) is 18.2. The lowest BCUT2D eigenvalue weighted by Crippen LogP contribution is -2.50. The molecule has 1 aromatic carbocycles. The van der Waals surface area contributed by atoms with Crippen molar-refractivity contribution in [2.75, 3.05) is 13.1 Å². The summed E-state index contributed by atoms with van der Waals surface area (Å²) in [5, 5.41) is 2.85. The Morgan fingerprint density at radius 2 is 2.08 bits per heavy atom. The third kappa shape index (κ3) is 4.29. The third-order valence-corrected chi connectivity index (χ3v) is 4.02. The molecule has 1 aliphatic heterocycles. The van der Waals surface area contributed by atoms with Crippen LogP contribution in [0.3, 0.4) is 0 Å². The van der Waals surface area contributed by atoms with Gasteiger partial charge in [-0.2, -0.15) is 0 Å². The molecule has 0 spiro atoms. The van der Waals surface area contributed by atoms with Crippen molar-refractivity contribution in [2.45, 2.75) is 45.3 Å². The van der Waals surface area contributed by atoms with E-state index in [1.54, 1.807) is 4.90 Å². The number of imidazole rings is 1. The molecule has 1 atom stereocenters. The number of hydrogen-bond donors (Lipinski definition) is 2. The first-order valence-electron chi connectivity index (χ1n) is 8.55. The molecule has 2 aromatic rings. The second-order valence-corrected chi connectivity index (χ2v) is 7.34. The van der Waals surface area contributed by atoms with Gasteiger partial charge in [-0.05, 0) is 45.7 Å². The van der Waals surface area contributed by atoms with Crippen molar-refractivity contribution >= 4 is 23.0 Å². The highest BCUT2D eigenvalue weighted by Crippen LogP contribution is 2.16. The van der Waals surface area contributed by atoms with Gasteiger partial charge in [0.2, 0.25) is 0 Å². The number of aromatic nitrogens is 2. The van der Waals surface area contributed by atoms with Crippen LogP contribution in [0.2, 0.25) is 0 Å². The molecule has 7 nitrogen and oxygen atoms in total. The van der Waals surface area contributed by atoms with Crippen molar-refractivity contribution in [1.82, 2.24) is 20.2 Å². The van der Waals surface area contributed by atoms with Gasteiger partial charge < -0.3 is 19.9 Å². The molecule has 1 aliphatic rings. The maximum absolute atomic E-state index is 12.7. The number of H-pyrrole nitrogens is 1. The Labute approximate surface area is 146 Å². The number of para-hydroxylation sites is 2. The fraction of sp³-hybridized carbons (Fsp3) is 0.500. The number of ether oxygens (including phenoxy) is 1. The van der Waals surface area contributed by atoms with Crippen molar-refractivity contribution in [3.05, 3.63) is 30.1 Å². The number of rotatable bonds is 2. The summed E-state index contributed by atoms with van der Waals surface area (Å²) in [5.74, 6) is 0.186. The van der Waals surface area contributed by atoms with Crippen molar-refractivity contribution < 1.29 is 14.3 Å². The van der Waals surface area contributed by atoms with Gasteiger partial charge in [-0.25, -0.2) is 9.78 Å². The molecule has 0 radical (unpaired) electrons. The van der Waals surface area contributed by atoms with Gasteiger partial charge in [0.25, 0.3) is 5.91 Å². The summed E-state index contributed by atoms with van der Waals surface area (Å²) >= 11 is 0. The number of hydrogen-bond acceptors (Lipinski definition) is 4. The standard InChI is InChI=1S/C18H24N4O3/c1-18(2,3)25-17(24)19-12-7-6-10-22(11-12)16(23)15-20-13-8-4-5-9-14(13)21-15/h4-5,8-9,12H,6-7,10-11H2,1-3H3,(H,19,24)(H,20,21). The quantitative estimate of drug-likeness (QED) is 0.877. The Morgan fingerprint density at radius 1 is 1.32 bits per heavy atom. The zero-order valence-corrected chi connectivity index (χ0v) is 14.8. The van der Waals surface area contributed by atoms with E-state index in [9.17, 15) is 9.59 Å². The molecule has 134 valence electrons. The van der Waals surface area contributed by atoms with Crippen LogP contribution >= 0.6 is 0 Å². The summed E-state index contributed by atoms with van der Waals surface area (Å²) in [6, 6.07) is 7.43. The minimum absolute atomic E-state index is 0.114. The molecule has 0 saturated carbocycles. The number of likely N-dealkylation sites (tertiary alicyclic amines) is 1. The van der Waals surface area contributed by atoms with E-state index in [-0.39, 0.29) is 11.9 Å². The van der Waals surface area contributed by atoms with E-state index < -0.39 is 11.7 Å². The molecule has 25 heavy (non-hydrogen) atoms. The zero-order valence-electron chi connectivity index (χ0n) is 14.8. The molecule has 1 unspecified atom stereocenters. The molecule has 7 heteroatoms. The predicted octanol–water partition coefficient (Wildman–Crippen LogP) is 2.69. The van der Waals surface area contributed by atoms with Crippen LogP contribution in [0.1, 0.15) is 44.2 Å².